The average molecular weight is 587 g/mol. The molecule has 2 aliphatic heterocycles. The molecular weight excluding hydrogens is 565 g/mol. The third-order valence-corrected chi connectivity index (χ3v) is 7.71. The van der Waals surface area contributed by atoms with Crippen LogP contribution < -0.4 is 0 Å². The molecule has 42 heavy (non-hydrogen) atoms. The molecule has 216 valence electrons. The number of benzene rings is 2. The Hall–Kier alpha value is -4.42. The van der Waals surface area contributed by atoms with Crippen LogP contribution in [0.5, 0.6) is 0 Å². The van der Waals surface area contributed by atoms with Crippen LogP contribution in [0.3, 0.4) is 0 Å². The SMILES string of the molecule is Cc1c(F)cccc1-c1nc2cnn(C3(c4ccc(-c5ccc(C(F)(F)F)cc5C(F)(F)F)nn4)CCCC3)cc-2n1. The molecule has 1 aliphatic carbocycles. The van der Waals surface area contributed by atoms with E-state index in [-0.39, 0.29) is 17.6 Å². The Kier molecular flexibility index (Phi) is 6.50. The number of hydrogen-bond donors (Lipinski definition) is 0. The summed E-state index contributed by atoms with van der Waals surface area (Å²) in [6.07, 6.45) is -3.84. The molecule has 0 spiro atoms. The van der Waals surface area contributed by atoms with Gasteiger partial charge in [-0.2, -0.15) is 41.6 Å². The average Bonchev–Trinajstić information content (AvgIpc) is 3.61. The Labute approximate surface area is 234 Å². The quantitative estimate of drug-likeness (QED) is 0.202. The smallest absolute Gasteiger partial charge is 0.258 e. The van der Waals surface area contributed by atoms with Crippen molar-refractivity contribution in [1.29, 1.82) is 0 Å². The molecule has 3 heterocycles. The number of aromatic nitrogens is 6. The van der Waals surface area contributed by atoms with E-state index in [1.54, 1.807) is 36.1 Å². The van der Waals surface area contributed by atoms with E-state index in [9.17, 15) is 30.7 Å². The van der Waals surface area contributed by atoms with Gasteiger partial charge >= 0.3 is 12.4 Å². The van der Waals surface area contributed by atoms with Gasteiger partial charge in [-0.05, 0) is 55.7 Å². The lowest BCUT2D eigenvalue weighted by molar-refractivity contribution is -0.142. The molecule has 0 N–H and O–H groups in total. The molecule has 0 unspecified atom stereocenters. The molecule has 3 aromatic rings. The molecule has 1 fully saturated rings. The number of hydrogen-bond acceptors (Lipinski definition) is 5. The highest BCUT2D eigenvalue weighted by atomic mass is 19.4. The Bertz CT molecular complexity index is 1740. The number of fused-ring (bicyclic) bond motifs is 1. The van der Waals surface area contributed by atoms with Crippen LogP contribution in [0.1, 0.15) is 48.1 Å². The van der Waals surface area contributed by atoms with Gasteiger partial charge in [-0.3, -0.25) is 4.68 Å². The maximum absolute atomic E-state index is 14.1. The van der Waals surface area contributed by atoms with Crippen LogP contribution in [0.2, 0.25) is 0 Å². The third kappa shape index (κ3) is 4.76. The highest BCUT2D eigenvalue weighted by Crippen LogP contribution is 2.43. The largest absolute Gasteiger partial charge is 0.417 e. The monoisotopic (exact) mass is 586 g/mol. The van der Waals surface area contributed by atoms with Gasteiger partial charge in [-0.25, -0.2) is 14.4 Å². The summed E-state index contributed by atoms with van der Waals surface area (Å²) in [5, 5.41) is 12.8. The Morgan fingerprint density at radius 3 is 2.19 bits per heavy atom. The summed E-state index contributed by atoms with van der Waals surface area (Å²) in [5.41, 5.74) is -1.92. The minimum Gasteiger partial charge on any atom is -0.258 e. The number of imidazole rings is 1. The van der Waals surface area contributed by atoms with Crippen LogP contribution in [-0.2, 0) is 17.9 Å². The summed E-state index contributed by atoms with van der Waals surface area (Å²) in [7, 11) is 0. The van der Waals surface area contributed by atoms with Gasteiger partial charge in [0.15, 0.2) is 5.82 Å². The Morgan fingerprint density at radius 1 is 0.786 bits per heavy atom. The molecular formula is C29H21F7N6. The van der Waals surface area contributed by atoms with Crippen LogP contribution in [0.25, 0.3) is 34.0 Å². The van der Waals surface area contributed by atoms with Gasteiger partial charge in [0.25, 0.3) is 0 Å². The van der Waals surface area contributed by atoms with Crippen LogP contribution in [0.4, 0.5) is 30.7 Å². The van der Waals surface area contributed by atoms with Crippen molar-refractivity contribution in [2.24, 2.45) is 0 Å². The molecule has 0 saturated heterocycles. The molecule has 0 radical (unpaired) electrons. The predicted octanol–water partition coefficient (Wildman–Crippen LogP) is 7.70. The fraction of sp³-hybridized carbons (Fsp3) is 0.276. The molecule has 1 aromatic heterocycles. The number of nitrogens with zero attached hydrogens (tertiary/aromatic N) is 6. The van der Waals surface area contributed by atoms with Crippen molar-refractivity contribution >= 4 is 0 Å². The van der Waals surface area contributed by atoms with Gasteiger partial charge in [0.05, 0.1) is 34.9 Å². The topological polar surface area (TPSA) is 69.4 Å². The minimum absolute atomic E-state index is 0.0822. The summed E-state index contributed by atoms with van der Waals surface area (Å²) >= 11 is 0. The van der Waals surface area contributed by atoms with E-state index < -0.39 is 34.6 Å². The van der Waals surface area contributed by atoms with E-state index >= 15 is 0 Å². The van der Waals surface area contributed by atoms with E-state index in [4.69, 9.17) is 0 Å². The second-order valence-electron chi connectivity index (χ2n) is 10.2. The molecule has 2 aromatic carbocycles. The first-order valence-electron chi connectivity index (χ1n) is 13.0. The van der Waals surface area contributed by atoms with Crippen LogP contribution in [0.15, 0.2) is 60.9 Å². The second-order valence-corrected chi connectivity index (χ2v) is 10.2. The molecule has 6 rings (SSSR count). The molecule has 1 saturated carbocycles. The van der Waals surface area contributed by atoms with Crippen molar-refractivity contribution in [1.82, 2.24) is 29.9 Å². The van der Waals surface area contributed by atoms with Gasteiger partial charge in [-0.15, -0.1) is 0 Å². The fourth-order valence-corrected chi connectivity index (χ4v) is 5.49. The summed E-state index contributed by atoms with van der Waals surface area (Å²) in [6, 6.07) is 8.95. The number of halogens is 7. The van der Waals surface area contributed by atoms with E-state index in [1.165, 1.54) is 18.2 Å². The van der Waals surface area contributed by atoms with Crippen molar-refractivity contribution < 1.29 is 30.7 Å². The lowest BCUT2D eigenvalue weighted by Gasteiger charge is -2.30. The minimum atomic E-state index is -5.04. The van der Waals surface area contributed by atoms with Gasteiger partial charge in [0.1, 0.15) is 22.7 Å². The second kappa shape index (κ2) is 9.85. The van der Waals surface area contributed by atoms with Crippen LogP contribution >= 0.6 is 0 Å². The van der Waals surface area contributed by atoms with Gasteiger partial charge in [-0.1, -0.05) is 31.0 Å². The first-order chi connectivity index (χ1) is 19.9. The van der Waals surface area contributed by atoms with Crippen molar-refractivity contribution in [3.63, 3.8) is 0 Å². The van der Waals surface area contributed by atoms with Crippen molar-refractivity contribution in [3.05, 3.63) is 89.1 Å². The van der Waals surface area contributed by atoms with Crippen LogP contribution in [0, 0.1) is 12.7 Å². The molecule has 0 bridgehead atoms. The van der Waals surface area contributed by atoms with E-state index in [0.717, 1.165) is 18.9 Å². The Morgan fingerprint density at radius 2 is 1.52 bits per heavy atom. The highest BCUT2D eigenvalue weighted by molar-refractivity contribution is 5.68. The number of rotatable bonds is 4. The summed E-state index contributed by atoms with van der Waals surface area (Å²) in [6.45, 7) is 1.64. The van der Waals surface area contributed by atoms with E-state index in [2.05, 4.69) is 25.3 Å². The summed E-state index contributed by atoms with van der Waals surface area (Å²) in [5.74, 6) is -0.0247. The normalized spacial score (nSPS) is 15.4. The van der Waals surface area contributed by atoms with Crippen molar-refractivity contribution in [2.75, 3.05) is 0 Å². The zero-order valence-corrected chi connectivity index (χ0v) is 21.9. The zero-order valence-electron chi connectivity index (χ0n) is 21.9. The highest BCUT2D eigenvalue weighted by Gasteiger charge is 2.41. The van der Waals surface area contributed by atoms with E-state index in [0.29, 0.717) is 52.9 Å². The van der Waals surface area contributed by atoms with E-state index in [1.807, 2.05) is 0 Å². The standard InChI is InChI=1S/C29H21F7N6/c1-16-18(5-4-6-21(16)30)26-38-23-14-37-42(15-24(23)39-26)27(11-2-3-12-27)25-10-9-22(40-41-25)19-8-7-17(28(31,32)33)13-20(19)29(34,35)36/h4-10,13-15H,2-3,11-12H2,1H3. The predicted molar refractivity (Wildman–Crippen MR) is 138 cm³/mol. The lowest BCUT2D eigenvalue weighted by Crippen LogP contribution is -2.35. The lowest BCUT2D eigenvalue weighted by atomic mass is 9.92. The molecule has 3 aliphatic rings. The van der Waals surface area contributed by atoms with Crippen molar-refractivity contribution in [2.45, 2.75) is 50.5 Å². The third-order valence-electron chi connectivity index (χ3n) is 7.71. The molecule has 6 nitrogen and oxygen atoms in total. The molecule has 13 heteroatoms. The van der Waals surface area contributed by atoms with Gasteiger partial charge < -0.3 is 0 Å². The van der Waals surface area contributed by atoms with Crippen LogP contribution in [-0.4, -0.2) is 29.9 Å². The fourth-order valence-electron chi connectivity index (χ4n) is 5.49. The summed E-state index contributed by atoms with van der Waals surface area (Å²) < 4.78 is 96.4. The zero-order chi connectivity index (χ0) is 29.9. The summed E-state index contributed by atoms with van der Waals surface area (Å²) in [4.78, 5) is 9.09. The molecule has 0 atom stereocenters. The first-order valence-corrected chi connectivity index (χ1v) is 13.0. The van der Waals surface area contributed by atoms with Gasteiger partial charge in [0, 0.05) is 11.1 Å². The number of alkyl halides is 6. The Balaban J connectivity index is 1.39. The maximum Gasteiger partial charge on any atom is 0.417 e. The van der Waals surface area contributed by atoms with Gasteiger partial charge in [0.2, 0.25) is 0 Å². The first kappa shape index (κ1) is 27.7. The molecule has 0 amide bonds. The maximum atomic E-state index is 14.1. The van der Waals surface area contributed by atoms with Crippen molar-refractivity contribution in [3.8, 4) is 34.0 Å².